The Labute approximate surface area is 161 Å². The number of carbonyl (C=O) groups excluding carboxylic acids is 1. The minimum absolute atomic E-state index is 0.0595. The van der Waals surface area contributed by atoms with Crippen molar-refractivity contribution in [1.29, 1.82) is 0 Å². The average molecular weight is 367 g/mol. The van der Waals surface area contributed by atoms with Crippen LogP contribution in [0.15, 0.2) is 48.5 Å². The minimum atomic E-state index is -0.0595. The van der Waals surface area contributed by atoms with Crippen LogP contribution in [0.5, 0.6) is 0 Å². The van der Waals surface area contributed by atoms with Crippen LogP contribution >= 0.6 is 0 Å². The molecule has 0 bridgehead atoms. The summed E-state index contributed by atoms with van der Waals surface area (Å²) < 4.78 is 0. The van der Waals surface area contributed by atoms with Crippen molar-refractivity contribution in [2.75, 3.05) is 74.3 Å². The zero-order chi connectivity index (χ0) is 19.2. The Morgan fingerprint density at radius 3 is 2.11 bits per heavy atom. The zero-order valence-electron chi connectivity index (χ0n) is 16.4. The van der Waals surface area contributed by atoms with E-state index in [9.17, 15) is 4.79 Å². The SMILES string of the molecule is CN1CCN(c2ccc(NCC(=O)Nc3ccc(N(C)C)cc3)cc2)CC1. The first-order chi connectivity index (χ1) is 13.0. The van der Waals surface area contributed by atoms with Crippen molar-refractivity contribution < 1.29 is 4.79 Å². The molecule has 27 heavy (non-hydrogen) atoms. The maximum absolute atomic E-state index is 12.2. The lowest BCUT2D eigenvalue weighted by Gasteiger charge is -2.34. The van der Waals surface area contributed by atoms with E-state index >= 15 is 0 Å². The molecule has 1 fully saturated rings. The van der Waals surface area contributed by atoms with Crippen LogP contribution in [-0.4, -0.2) is 64.7 Å². The summed E-state index contributed by atoms with van der Waals surface area (Å²) in [6.07, 6.45) is 0. The van der Waals surface area contributed by atoms with Crippen molar-refractivity contribution in [3.8, 4) is 0 Å². The van der Waals surface area contributed by atoms with Crippen molar-refractivity contribution in [1.82, 2.24) is 4.90 Å². The number of hydrogen-bond acceptors (Lipinski definition) is 5. The Hall–Kier alpha value is -2.73. The summed E-state index contributed by atoms with van der Waals surface area (Å²) >= 11 is 0. The van der Waals surface area contributed by atoms with Gasteiger partial charge in [-0.1, -0.05) is 0 Å². The molecule has 0 radical (unpaired) electrons. The fraction of sp³-hybridized carbons (Fsp3) is 0.381. The van der Waals surface area contributed by atoms with E-state index < -0.39 is 0 Å². The van der Waals surface area contributed by atoms with Crippen molar-refractivity contribution in [2.24, 2.45) is 0 Å². The predicted molar refractivity (Wildman–Crippen MR) is 114 cm³/mol. The highest BCUT2D eigenvalue weighted by Gasteiger charge is 2.14. The van der Waals surface area contributed by atoms with Gasteiger partial charge in [0.15, 0.2) is 0 Å². The number of nitrogens with zero attached hydrogens (tertiary/aromatic N) is 3. The van der Waals surface area contributed by atoms with Gasteiger partial charge < -0.3 is 25.3 Å². The monoisotopic (exact) mass is 367 g/mol. The van der Waals surface area contributed by atoms with Gasteiger partial charge in [-0.05, 0) is 55.6 Å². The van der Waals surface area contributed by atoms with Gasteiger partial charge in [0, 0.05) is 63.0 Å². The van der Waals surface area contributed by atoms with Gasteiger partial charge in [-0.2, -0.15) is 0 Å². The number of rotatable bonds is 6. The summed E-state index contributed by atoms with van der Waals surface area (Å²) in [5.74, 6) is -0.0595. The summed E-state index contributed by atoms with van der Waals surface area (Å²) in [6, 6.07) is 16.1. The lowest BCUT2D eigenvalue weighted by atomic mass is 10.2. The number of benzene rings is 2. The third-order valence-corrected chi connectivity index (χ3v) is 4.86. The normalized spacial score (nSPS) is 14.7. The molecule has 1 aliphatic rings. The van der Waals surface area contributed by atoms with E-state index in [2.05, 4.69) is 39.6 Å². The van der Waals surface area contributed by atoms with Crippen LogP contribution in [0, 0.1) is 0 Å². The molecule has 2 N–H and O–H groups in total. The molecule has 1 saturated heterocycles. The van der Waals surface area contributed by atoms with Crippen LogP contribution in [0.1, 0.15) is 0 Å². The lowest BCUT2D eigenvalue weighted by molar-refractivity contribution is -0.114. The minimum Gasteiger partial charge on any atom is -0.378 e. The number of carbonyl (C=O) groups is 1. The van der Waals surface area contributed by atoms with Crippen LogP contribution in [0.3, 0.4) is 0 Å². The highest BCUT2D eigenvalue weighted by molar-refractivity contribution is 5.93. The van der Waals surface area contributed by atoms with E-state index in [1.54, 1.807) is 0 Å². The number of likely N-dealkylation sites (N-methyl/N-ethyl adjacent to an activating group) is 1. The quantitative estimate of drug-likeness (QED) is 0.822. The van der Waals surface area contributed by atoms with E-state index in [0.29, 0.717) is 0 Å². The van der Waals surface area contributed by atoms with E-state index in [0.717, 1.165) is 43.2 Å². The van der Waals surface area contributed by atoms with Gasteiger partial charge in [-0.25, -0.2) is 0 Å². The number of piperazine rings is 1. The van der Waals surface area contributed by atoms with Gasteiger partial charge in [0.1, 0.15) is 0 Å². The molecule has 0 spiro atoms. The molecule has 0 aromatic heterocycles. The molecule has 3 rings (SSSR count). The van der Waals surface area contributed by atoms with Gasteiger partial charge in [0.25, 0.3) is 0 Å². The standard InChI is InChI=1S/C21H29N5O/c1-24(2)19-8-6-18(7-9-19)23-21(27)16-22-17-4-10-20(11-5-17)26-14-12-25(3)13-15-26/h4-11,22H,12-16H2,1-3H3,(H,23,27). The zero-order valence-corrected chi connectivity index (χ0v) is 16.4. The van der Waals surface area contributed by atoms with Crippen LogP contribution < -0.4 is 20.4 Å². The van der Waals surface area contributed by atoms with Gasteiger partial charge in [-0.15, -0.1) is 0 Å². The fourth-order valence-corrected chi connectivity index (χ4v) is 3.09. The largest absolute Gasteiger partial charge is 0.378 e. The summed E-state index contributed by atoms with van der Waals surface area (Å²) in [6.45, 7) is 4.53. The van der Waals surface area contributed by atoms with Crippen LogP contribution in [-0.2, 0) is 4.79 Å². The topological polar surface area (TPSA) is 50.9 Å². The van der Waals surface area contributed by atoms with E-state index in [1.807, 2.05) is 55.4 Å². The average Bonchev–Trinajstić information content (AvgIpc) is 2.68. The third-order valence-electron chi connectivity index (χ3n) is 4.86. The number of amides is 1. The van der Waals surface area contributed by atoms with E-state index in [-0.39, 0.29) is 12.5 Å². The van der Waals surface area contributed by atoms with E-state index in [1.165, 1.54) is 5.69 Å². The first-order valence-electron chi connectivity index (χ1n) is 9.36. The second-order valence-corrected chi connectivity index (χ2v) is 7.18. The Morgan fingerprint density at radius 2 is 1.52 bits per heavy atom. The molecule has 0 atom stereocenters. The third kappa shape index (κ3) is 5.37. The Morgan fingerprint density at radius 1 is 0.926 bits per heavy atom. The van der Waals surface area contributed by atoms with Gasteiger partial charge in [-0.3, -0.25) is 4.79 Å². The molecule has 1 heterocycles. The van der Waals surface area contributed by atoms with Gasteiger partial charge >= 0.3 is 0 Å². The molecule has 6 nitrogen and oxygen atoms in total. The number of nitrogens with one attached hydrogen (secondary N) is 2. The Kier molecular flexibility index (Phi) is 6.19. The van der Waals surface area contributed by atoms with Crippen molar-refractivity contribution in [3.63, 3.8) is 0 Å². The number of hydrogen-bond donors (Lipinski definition) is 2. The highest BCUT2D eigenvalue weighted by Crippen LogP contribution is 2.19. The molecule has 0 aliphatic carbocycles. The maximum Gasteiger partial charge on any atom is 0.243 e. The summed E-state index contributed by atoms with van der Waals surface area (Å²) in [5, 5.41) is 6.10. The summed E-state index contributed by atoms with van der Waals surface area (Å²) in [7, 11) is 6.14. The van der Waals surface area contributed by atoms with Crippen LogP contribution in [0.4, 0.5) is 22.7 Å². The molecule has 6 heteroatoms. The molecule has 0 saturated carbocycles. The predicted octanol–water partition coefficient (Wildman–Crippen LogP) is 2.55. The lowest BCUT2D eigenvalue weighted by Crippen LogP contribution is -2.44. The summed E-state index contributed by atoms with van der Waals surface area (Å²) in [4.78, 5) is 18.9. The molecular weight excluding hydrogens is 338 g/mol. The molecule has 2 aromatic carbocycles. The van der Waals surface area contributed by atoms with Crippen molar-refractivity contribution in [2.45, 2.75) is 0 Å². The van der Waals surface area contributed by atoms with E-state index in [4.69, 9.17) is 0 Å². The van der Waals surface area contributed by atoms with Crippen molar-refractivity contribution in [3.05, 3.63) is 48.5 Å². The highest BCUT2D eigenvalue weighted by atomic mass is 16.1. The molecule has 0 unspecified atom stereocenters. The molecular formula is C21H29N5O. The Bertz CT molecular complexity index is 734. The molecule has 2 aromatic rings. The first kappa shape index (κ1) is 19.0. The number of anilines is 4. The second-order valence-electron chi connectivity index (χ2n) is 7.18. The first-order valence-corrected chi connectivity index (χ1v) is 9.36. The Balaban J connectivity index is 1.47. The second kappa shape index (κ2) is 8.77. The summed E-state index contributed by atoms with van der Waals surface area (Å²) in [5.41, 5.74) is 4.09. The fourth-order valence-electron chi connectivity index (χ4n) is 3.09. The van der Waals surface area contributed by atoms with Crippen molar-refractivity contribution >= 4 is 28.7 Å². The smallest absolute Gasteiger partial charge is 0.243 e. The molecule has 1 aliphatic heterocycles. The van der Waals surface area contributed by atoms with Gasteiger partial charge in [0.05, 0.1) is 6.54 Å². The van der Waals surface area contributed by atoms with Crippen LogP contribution in [0.25, 0.3) is 0 Å². The molecule has 1 amide bonds. The van der Waals surface area contributed by atoms with Crippen LogP contribution in [0.2, 0.25) is 0 Å². The maximum atomic E-state index is 12.2. The van der Waals surface area contributed by atoms with Gasteiger partial charge in [0.2, 0.25) is 5.91 Å². The molecule has 144 valence electrons.